The molecule has 2 heterocycles. The number of hydrogen-bond donors (Lipinski definition) is 1. The van der Waals surface area contributed by atoms with Crippen LogP contribution >= 0.6 is 0 Å². The van der Waals surface area contributed by atoms with Crippen molar-refractivity contribution < 1.29 is 9.47 Å². The van der Waals surface area contributed by atoms with Gasteiger partial charge in [0.15, 0.2) is 0 Å². The molecule has 2 aromatic heterocycles. The SMILES string of the molecule is COc1ccc(Cc2cc3c4cccc(OC)c4nc(N)n3n2)cc1. The monoisotopic (exact) mass is 334 g/mol. The lowest BCUT2D eigenvalue weighted by molar-refractivity contribution is 0.414. The van der Waals surface area contributed by atoms with E-state index < -0.39 is 0 Å². The van der Waals surface area contributed by atoms with Crippen molar-refractivity contribution in [3.8, 4) is 11.5 Å². The molecule has 0 amide bonds. The van der Waals surface area contributed by atoms with Crippen molar-refractivity contribution in [3.05, 3.63) is 59.8 Å². The molecular weight excluding hydrogens is 316 g/mol. The molecule has 6 nitrogen and oxygen atoms in total. The van der Waals surface area contributed by atoms with Gasteiger partial charge in [0.25, 0.3) is 0 Å². The molecule has 0 fully saturated rings. The molecule has 0 aliphatic heterocycles. The summed E-state index contributed by atoms with van der Waals surface area (Å²) >= 11 is 0. The van der Waals surface area contributed by atoms with Crippen LogP contribution in [0, 0.1) is 0 Å². The van der Waals surface area contributed by atoms with Gasteiger partial charge in [0.05, 0.1) is 25.4 Å². The first-order valence-electron chi connectivity index (χ1n) is 7.93. The minimum Gasteiger partial charge on any atom is -0.497 e. The Balaban J connectivity index is 1.81. The Labute approximate surface area is 144 Å². The molecule has 4 aromatic rings. The molecule has 2 N–H and O–H groups in total. The lowest BCUT2D eigenvalue weighted by Gasteiger charge is -2.07. The van der Waals surface area contributed by atoms with Gasteiger partial charge in [-0.25, -0.2) is 4.98 Å². The maximum atomic E-state index is 6.11. The largest absolute Gasteiger partial charge is 0.497 e. The summed E-state index contributed by atoms with van der Waals surface area (Å²) in [5, 5.41) is 5.57. The molecule has 0 saturated carbocycles. The number of rotatable bonds is 4. The third-order valence-corrected chi connectivity index (χ3v) is 4.24. The van der Waals surface area contributed by atoms with Gasteiger partial charge in [-0.2, -0.15) is 9.61 Å². The summed E-state index contributed by atoms with van der Waals surface area (Å²) in [5.41, 5.74) is 9.85. The average molecular weight is 334 g/mol. The molecule has 2 aromatic carbocycles. The first kappa shape index (κ1) is 15.3. The summed E-state index contributed by atoms with van der Waals surface area (Å²) in [7, 11) is 3.29. The molecule has 25 heavy (non-hydrogen) atoms. The summed E-state index contributed by atoms with van der Waals surface area (Å²) in [4.78, 5) is 4.45. The van der Waals surface area contributed by atoms with E-state index in [4.69, 9.17) is 15.2 Å². The molecule has 0 unspecified atom stereocenters. The van der Waals surface area contributed by atoms with Gasteiger partial charge in [-0.3, -0.25) is 0 Å². The third kappa shape index (κ3) is 2.61. The minimum atomic E-state index is 0.341. The number of fused-ring (bicyclic) bond motifs is 3. The van der Waals surface area contributed by atoms with Crippen LogP contribution in [0.1, 0.15) is 11.3 Å². The number of methoxy groups -OCH3 is 2. The van der Waals surface area contributed by atoms with Gasteiger partial charge in [-0.15, -0.1) is 0 Å². The Bertz CT molecular complexity index is 1050. The molecule has 0 radical (unpaired) electrons. The van der Waals surface area contributed by atoms with Crippen LogP contribution in [0.5, 0.6) is 11.5 Å². The number of nitrogens with two attached hydrogens (primary N) is 1. The van der Waals surface area contributed by atoms with E-state index in [1.165, 1.54) is 0 Å². The predicted molar refractivity (Wildman–Crippen MR) is 97.3 cm³/mol. The number of hydrogen-bond acceptors (Lipinski definition) is 5. The van der Waals surface area contributed by atoms with Crippen LogP contribution in [-0.2, 0) is 6.42 Å². The zero-order valence-corrected chi connectivity index (χ0v) is 14.1. The van der Waals surface area contributed by atoms with Crippen molar-refractivity contribution in [1.82, 2.24) is 14.6 Å². The van der Waals surface area contributed by atoms with E-state index in [0.29, 0.717) is 18.1 Å². The van der Waals surface area contributed by atoms with E-state index in [1.807, 2.05) is 48.5 Å². The quantitative estimate of drug-likeness (QED) is 0.621. The molecule has 4 rings (SSSR count). The number of benzene rings is 2. The van der Waals surface area contributed by atoms with Crippen LogP contribution in [-0.4, -0.2) is 28.8 Å². The first-order chi connectivity index (χ1) is 12.2. The predicted octanol–water partition coefficient (Wildman–Crippen LogP) is 3.07. The molecule has 0 spiro atoms. The smallest absolute Gasteiger partial charge is 0.222 e. The van der Waals surface area contributed by atoms with Gasteiger partial charge in [0.2, 0.25) is 5.95 Å². The number of aromatic nitrogens is 3. The van der Waals surface area contributed by atoms with E-state index in [9.17, 15) is 0 Å². The van der Waals surface area contributed by atoms with Crippen molar-refractivity contribution >= 4 is 22.4 Å². The molecule has 0 aliphatic carbocycles. The number of ether oxygens (including phenoxy) is 2. The van der Waals surface area contributed by atoms with Crippen LogP contribution in [0.25, 0.3) is 16.4 Å². The molecule has 6 heteroatoms. The Kier molecular flexibility index (Phi) is 3.65. The van der Waals surface area contributed by atoms with Crippen molar-refractivity contribution in [1.29, 1.82) is 0 Å². The lowest BCUT2D eigenvalue weighted by atomic mass is 10.1. The summed E-state index contributed by atoms with van der Waals surface area (Å²) in [6, 6.07) is 15.8. The highest BCUT2D eigenvalue weighted by molar-refractivity contribution is 5.97. The summed E-state index contributed by atoms with van der Waals surface area (Å²) in [6.07, 6.45) is 0.705. The van der Waals surface area contributed by atoms with Crippen LogP contribution in [0.4, 0.5) is 5.95 Å². The Morgan fingerprint density at radius 3 is 2.56 bits per heavy atom. The Morgan fingerprint density at radius 2 is 1.84 bits per heavy atom. The number of para-hydroxylation sites is 1. The topological polar surface area (TPSA) is 74.7 Å². The standard InChI is InChI=1S/C19H18N4O2/c1-24-14-8-6-12(7-9-14)10-13-11-16-15-4-3-5-17(25-2)18(15)21-19(20)23(16)22-13/h3-9,11H,10H2,1-2H3,(H2,20,21). The van der Waals surface area contributed by atoms with Crippen molar-refractivity contribution in [2.45, 2.75) is 6.42 Å². The molecule has 0 atom stereocenters. The fraction of sp³-hybridized carbons (Fsp3) is 0.158. The highest BCUT2D eigenvalue weighted by atomic mass is 16.5. The first-order valence-corrected chi connectivity index (χ1v) is 7.93. The minimum absolute atomic E-state index is 0.341. The average Bonchev–Trinajstić information content (AvgIpc) is 3.07. The lowest BCUT2D eigenvalue weighted by Crippen LogP contribution is -2.03. The van der Waals surface area contributed by atoms with Crippen LogP contribution in [0.15, 0.2) is 48.5 Å². The van der Waals surface area contributed by atoms with Crippen molar-refractivity contribution in [2.24, 2.45) is 0 Å². The fourth-order valence-electron chi connectivity index (χ4n) is 3.01. The molecule has 126 valence electrons. The maximum Gasteiger partial charge on any atom is 0.222 e. The highest BCUT2D eigenvalue weighted by Crippen LogP contribution is 2.29. The van der Waals surface area contributed by atoms with E-state index in [-0.39, 0.29) is 0 Å². The third-order valence-electron chi connectivity index (χ3n) is 4.24. The molecule has 0 saturated heterocycles. The van der Waals surface area contributed by atoms with E-state index in [1.54, 1.807) is 18.7 Å². The second-order valence-electron chi connectivity index (χ2n) is 5.78. The number of nitrogens with zero attached hydrogens (tertiary/aromatic N) is 3. The molecule has 0 aliphatic rings. The summed E-state index contributed by atoms with van der Waals surface area (Å²) in [5.74, 6) is 1.88. The normalized spacial score (nSPS) is 11.1. The van der Waals surface area contributed by atoms with Gasteiger partial charge in [-0.05, 0) is 29.8 Å². The molecule has 0 bridgehead atoms. The van der Waals surface area contributed by atoms with Crippen LogP contribution < -0.4 is 15.2 Å². The number of nitrogen functional groups attached to an aromatic ring is 1. The Morgan fingerprint density at radius 1 is 1.04 bits per heavy atom. The zero-order valence-electron chi connectivity index (χ0n) is 14.1. The second kappa shape index (κ2) is 5.98. The van der Waals surface area contributed by atoms with E-state index >= 15 is 0 Å². The second-order valence-corrected chi connectivity index (χ2v) is 5.78. The van der Waals surface area contributed by atoms with Gasteiger partial charge in [-0.1, -0.05) is 24.3 Å². The highest BCUT2D eigenvalue weighted by Gasteiger charge is 2.13. The van der Waals surface area contributed by atoms with E-state index in [0.717, 1.165) is 33.4 Å². The Hall–Kier alpha value is -3.28. The maximum absolute atomic E-state index is 6.11. The summed E-state index contributed by atoms with van der Waals surface area (Å²) < 4.78 is 12.3. The zero-order chi connectivity index (χ0) is 17.4. The molecular formula is C19H18N4O2. The van der Waals surface area contributed by atoms with Gasteiger partial charge < -0.3 is 15.2 Å². The van der Waals surface area contributed by atoms with Crippen LogP contribution in [0.3, 0.4) is 0 Å². The van der Waals surface area contributed by atoms with Gasteiger partial charge in [0, 0.05) is 11.8 Å². The van der Waals surface area contributed by atoms with Crippen molar-refractivity contribution in [2.75, 3.05) is 20.0 Å². The van der Waals surface area contributed by atoms with Crippen molar-refractivity contribution in [3.63, 3.8) is 0 Å². The van der Waals surface area contributed by atoms with Crippen LogP contribution in [0.2, 0.25) is 0 Å². The van der Waals surface area contributed by atoms with E-state index in [2.05, 4.69) is 10.1 Å². The van der Waals surface area contributed by atoms with Gasteiger partial charge >= 0.3 is 0 Å². The fourth-order valence-corrected chi connectivity index (χ4v) is 3.01. The summed E-state index contributed by atoms with van der Waals surface area (Å²) in [6.45, 7) is 0. The van der Waals surface area contributed by atoms with Gasteiger partial charge in [0.1, 0.15) is 17.0 Å². The number of anilines is 1.